The molecule has 0 aromatic heterocycles. The third-order valence-electron chi connectivity index (χ3n) is 1.93. The summed E-state index contributed by atoms with van der Waals surface area (Å²) in [7, 11) is 0. The van der Waals surface area contributed by atoms with Gasteiger partial charge in [-0.1, -0.05) is 0 Å². The standard InChI is InChI=1S/C8H12N2O2/c1-7(11)10(4-2-3-9)8-5-12-6-8/h8H,2,4-6H2,1H3. The molecule has 0 radical (unpaired) electrons. The van der Waals surface area contributed by atoms with Gasteiger partial charge in [0.15, 0.2) is 0 Å². The monoisotopic (exact) mass is 168 g/mol. The summed E-state index contributed by atoms with van der Waals surface area (Å²) in [5.74, 6) is 0.0264. The first-order valence-electron chi connectivity index (χ1n) is 3.97. The van der Waals surface area contributed by atoms with Gasteiger partial charge in [-0.3, -0.25) is 4.79 Å². The SMILES string of the molecule is CC(=O)N(CCC#N)C1COC1. The third kappa shape index (κ3) is 1.95. The van der Waals surface area contributed by atoms with Crippen molar-refractivity contribution in [2.45, 2.75) is 19.4 Å². The van der Waals surface area contributed by atoms with Crippen LogP contribution in [0, 0.1) is 11.3 Å². The predicted molar refractivity (Wildman–Crippen MR) is 42.2 cm³/mol. The number of hydrogen-bond acceptors (Lipinski definition) is 3. The second-order valence-corrected chi connectivity index (χ2v) is 2.81. The molecule has 4 nitrogen and oxygen atoms in total. The number of nitriles is 1. The summed E-state index contributed by atoms with van der Waals surface area (Å²) in [6, 6.07) is 2.23. The minimum Gasteiger partial charge on any atom is -0.377 e. The first-order valence-corrected chi connectivity index (χ1v) is 3.97. The van der Waals surface area contributed by atoms with Gasteiger partial charge < -0.3 is 9.64 Å². The number of carbonyl (C=O) groups excluding carboxylic acids is 1. The van der Waals surface area contributed by atoms with Crippen molar-refractivity contribution < 1.29 is 9.53 Å². The van der Waals surface area contributed by atoms with Crippen molar-refractivity contribution in [1.29, 1.82) is 5.26 Å². The Bertz CT molecular complexity index is 206. The van der Waals surface area contributed by atoms with Gasteiger partial charge in [0.25, 0.3) is 0 Å². The highest BCUT2D eigenvalue weighted by Crippen LogP contribution is 2.10. The van der Waals surface area contributed by atoms with Crippen LogP contribution in [0.15, 0.2) is 0 Å². The Hall–Kier alpha value is -1.08. The van der Waals surface area contributed by atoms with E-state index in [4.69, 9.17) is 10.00 Å². The van der Waals surface area contributed by atoms with E-state index in [1.807, 2.05) is 6.07 Å². The fourth-order valence-electron chi connectivity index (χ4n) is 1.17. The summed E-state index contributed by atoms with van der Waals surface area (Å²) in [5.41, 5.74) is 0. The molecule has 12 heavy (non-hydrogen) atoms. The Morgan fingerprint density at radius 3 is 2.75 bits per heavy atom. The summed E-state index contributed by atoms with van der Waals surface area (Å²) < 4.78 is 4.97. The Morgan fingerprint density at radius 2 is 2.42 bits per heavy atom. The molecule has 0 bridgehead atoms. The van der Waals surface area contributed by atoms with Crippen LogP contribution in [0.25, 0.3) is 0 Å². The lowest BCUT2D eigenvalue weighted by atomic mass is 10.2. The largest absolute Gasteiger partial charge is 0.377 e. The van der Waals surface area contributed by atoms with Gasteiger partial charge in [-0.2, -0.15) is 5.26 Å². The van der Waals surface area contributed by atoms with Crippen LogP contribution in [0.4, 0.5) is 0 Å². The molecule has 0 spiro atoms. The maximum absolute atomic E-state index is 11.0. The van der Waals surface area contributed by atoms with Gasteiger partial charge in [0, 0.05) is 13.5 Å². The average molecular weight is 168 g/mol. The highest BCUT2D eigenvalue weighted by molar-refractivity contribution is 5.73. The highest BCUT2D eigenvalue weighted by Gasteiger charge is 2.27. The zero-order valence-electron chi connectivity index (χ0n) is 7.12. The predicted octanol–water partition coefficient (Wildman–Crippen LogP) is 0.147. The van der Waals surface area contributed by atoms with Gasteiger partial charge in [-0.05, 0) is 0 Å². The first-order chi connectivity index (χ1) is 5.75. The second-order valence-electron chi connectivity index (χ2n) is 2.81. The molecule has 4 heteroatoms. The molecule has 1 amide bonds. The topological polar surface area (TPSA) is 53.3 Å². The van der Waals surface area contributed by atoms with E-state index < -0.39 is 0 Å². The molecule has 66 valence electrons. The molecule has 0 atom stereocenters. The summed E-state index contributed by atoms with van der Waals surface area (Å²) in [6.45, 7) is 3.28. The summed E-state index contributed by atoms with van der Waals surface area (Å²) >= 11 is 0. The van der Waals surface area contributed by atoms with Gasteiger partial charge in [0.2, 0.25) is 5.91 Å². The van der Waals surface area contributed by atoms with Gasteiger partial charge in [0.1, 0.15) is 0 Å². The van der Waals surface area contributed by atoms with Crippen molar-refractivity contribution in [3.63, 3.8) is 0 Å². The van der Waals surface area contributed by atoms with Crippen LogP contribution in [0.3, 0.4) is 0 Å². The fraction of sp³-hybridized carbons (Fsp3) is 0.750. The quantitative estimate of drug-likeness (QED) is 0.602. The number of hydrogen-bond donors (Lipinski definition) is 0. The smallest absolute Gasteiger partial charge is 0.219 e. The van der Waals surface area contributed by atoms with Crippen LogP contribution >= 0.6 is 0 Å². The van der Waals surface area contributed by atoms with E-state index in [1.165, 1.54) is 6.92 Å². The molecular formula is C8H12N2O2. The number of rotatable bonds is 3. The Kier molecular flexibility index (Phi) is 3.06. The molecule has 0 aliphatic carbocycles. The van der Waals surface area contributed by atoms with E-state index in [0.717, 1.165) is 0 Å². The van der Waals surface area contributed by atoms with Gasteiger partial charge in [0.05, 0.1) is 31.7 Å². The van der Waals surface area contributed by atoms with Gasteiger partial charge in [-0.25, -0.2) is 0 Å². The molecule has 1 aliphatic rings. The summed E-state index contributed by atoms with van der Waals surface area (Å²) in [6.07, 6.45) is 0.399. The molecule has 0 aromatic carbocycles. The van der Waals surface area contributed by atoms with E-state index in [0.29, 0.717) is 26.2 Å². The zero-order chi connectivity index (χ0) is 8.97. The summed E-state index contributed by atoms with van der Waals surface area (Å²) in [5, 5.41) is 8.35. The minimum absolute atomic E-state index is 0.0264. The van der Waals surface area contributed by atoms with Crippen molar-refractivity contribution in [3.05, 3.63) is 0 Å². The molecule has 1 saturated heterocycles. The number of nitrogens with zero attached hydrogens (tertiary/aromatic N) is 2. The van der Waals surface area contributed by atoms with Crippen molar-refractivity contribution in [1.82, 2.24) is 4.90 Å². The average Bonchev–Trinajstić information content (AvgIpc) is 1.93. The zero-order valence-corrected chi connectivity index (χ0v) is 7.12. The molecule has 1 heterocycles. The number of carbonyl (C=O) groups is 1. The summed E-state index contributed by atoms with van der Waals surface area (Å²) in [4.78, 5) is 12.7. The molecule has 0 saturated carbocycles. The molecule has 1 aliphatic heterocycles. The van der Waals surface area contributed by atoms with Crippen LogP contribution < -0.4 is 0 Å². The normalized spacial score (nSPS) is 16.3. The van der Waals surface area contributed by atoms with Gasteiger partial charge in [-0.15, -0.1) is 0 Å². The number of amides is 1. The van der Waals surface area contributed by atoms with E-state index >= 15 is 0 Å². The second kappa shape index (κ2) is 4.07. The van der Waals surface area contributed by atoms with Crippen LogP contribution in [-0.4, -0.2) is 36.6 Å². The fourth-order valence-corrected chi connectivity index (χ4v) is 1.17. The lowest BCUT2D eigenvalue weighted by molar-refractivity contribution is -0.141. The van der Waals surface area contributed by atoms with E-state index in [2.05, 4.69) is 0 Å². The Morgan fingerprint density at radius 1 is 1.75 bits per heavy atom. The first kappa shape index (κ1) is 9.01. The van der Waals surface area contributed by atoms with Crippen molar-refractivity contribution in [2.24, 2.45) is 0 Å². The lowest BCUT2D eigenvalue weighted by Gasteiger charge is -2.36. The highest BCUT2D eigenvalue weighted by atomic mass is 16.5. The Balaban J connectivity index is 2.38. The Labute approximate surface area is 71.7 Å². The molecule has 0 unspecified atom stereocenters. The number of ether oxygens (including phenoxy) is 1. The van der Waals surface area contributed by atoms with E-state index in [9.17, 15) is 4.79 Å². The lowest BCUT2D eigenvalue weighted by Crippen LogP contribution is -2.51. The minimum atomic E-state index is 0.0264. The maximum atomic E-state index is 11.0. The van der Waals surface area contributed by atoms with Crippen LogP contribution in [0.1, 0.15) is 13.3 Å². The van der Waals surface area contributed by atoms with E-state index in [-0.39, 0.29) is 11.9 Å². The van der Waals surface area contributed by atoms with Crippen molar-refractivity contribution >= 4 is 5.91 Å². The molecular weight excluding hydrogens is 156 g/mol. The third-order valence-corrected chi connectivity index (χ3v) is 1.93. The van der Waals surface area contributed by atoms with Crippen LogP contribution in [0.5, 0.6) is 0 Å². The van der Waals surface area contributed by atoms with E-state index in [1.54, 1.807) is 4.90 Å². The molecule has 1 rings (SSSR count). The molecule has 0 N–H and O–H groups in total. The molecule has 0 aromatic rings. The van der Waals surface area contributed by atoms with Crippen molar-refractivity contribution in [3.8, 4) is 6.07 Å². The molecule has 1 fully saturated rings. The van der Waals surface area contributed by atoms with Crippen LogP contribution in [-0.2, 0) is 9.53 Å². The van der Waals surface area contributed by atoms with Crippen LogP contribution in [0.2, 0.25) is 0 Å². The van der Waals surface area contributed by atoms with Gasteiger partial charge >= 0.3 is 0 Å². The maximum Gasteiger partial charge on any atom is 0.219 e. The van der Waals surface area contributed by atoms with Crippen molar-refractivity contribution in [2.75, 3.05) is 19.8 Å².